The number of piperidine rings is 1. The van der Waals surface area contributed by atoms with Gasteiger partial charge < -0.3 is 20.7 Å². The predicted octanol–water partition coefficient (Wildman–Crippen LogP) is 2.64. The van der Waals surface area contributed by atoms with Crippen LogP contribution in [-0.2, 0) is 0 Å². The van der Waals surface area contributed by atoms with E-state index in [1.54, 1.807) is 12.1 Å². The molecule has 22 heavy (non-hydrogen) atoms. The fourth-order valence-electron chi connectivity index (χ4n) is 3.23. The number of nitrogens with zero attached hydrogens (tertiary/aromatic N) is 3. The molecular formula is C16H19N5O. The summed E-state index contributed by atoms with van der Waals surface area (Å²) in [6.45, 7) is 4.22. The SMILES string of the molecule is CC1CCN(c2nc(N)nc3[nH]c4ccc(O)cc4c23)CC1. The monoisotopic (exact) mass is 297 g/mol. The number of aromatic amines is 1. The van der Waals surface area contributed by atoms with Crippen LogP contribution in [-0.4, -0.2) is 33.1 Å². The standard InChI is InChI=1S/C16H19N5O/c1-9-4-6-21(7-5-9)15-13-11-8-10(22)2-3-12(11)18-14(13)19-16(17)20-15/h2-3,8-9,22H,4-7H2,1H3,(H3,17,18,19,20). The van der Waals surface area contributed by atoms with Crippen molar-refractivity contribution in [1.29, 1.82) is 0 Å². The van der Waals surface area contributed by atoms with Gasteiger partial charge in [0.05, 0.1) is 5.39 Å². The van der Waals surface area contributed by atoms with Gasteiger partial charge in [-0.1, -0.05) is 6.92 Å². The molecule has 0 aliphatic carbocycles. The molecule has 4 N–H and O–H groups in total. The molecule has 1 aliphatic rings. The van der Waals surface area contributed by atoms with Crippen LogP contribution in [0.3, 0.4) is 0 Å². The van der Waals surface area contributed by atoms with Crippen LogP contribution in [0.5, 0.6) is 5.75 Å². The van der Waals surface area contributed by atoms with Crippen LogP contribution >= 0.6 is 0 Å². The Bertz CT molecular complexity index is 848. The Kier molecular flexibility index (Phi) is 2.85. The molecule has 4 rings (SSSR count). The molecule has 2 aromatic heterocycles. The molecule has 0 bridgehead atoms. The summed E-state index contributed by atoms with van der Waals surface area (Å²) in [5.41, 5.74) is 7.55. The van der Waals surface area contributed by atoms with E-state index in [4.69, 9.17) is 5.73 Å². The van der Waals surface area contributed by atoms with Crippen molar-refractivity contribution in [1.82, 2.24) is 15.0 Å². The maximum absolute atomic E-state index is 9.81. The van der Waals surface area contributed by atoms with Gasteiger partial charge in [0.1, 0.15) is 17.2 Å². The number of benzene rings is 1. The third-order valence-corrected chi connectivity index (χ3v) is 4.52. The van der Waals surface area contributed by atoms with Gasteiger partial charge in [-0.25, -0.2) is 0 Å². The van der Waals surface area contributed by atoms with Crippen molar-refractivity contribution in [3.05, 3.63) is 18.2 Å². The Morgan fingerprint density at radius 1 is 1.27 bits per heavy atom. The normalized spacial score (nSPS) is 16.7. The third-order valence-electron chi connectivity index (χ3n) is 4.52. The van der Waals surface area contributed by atoms with E-state index in [1.807, 2.05) is 6.07 Å². The number of hydrogen-bond acceptors (Lipinski definition) is 5. The Balaban J connectivity index is 1.96. The lowest BCUT2D eigenvalue weighted by Gasteiger charge is -2.31. The summed E-state index contributed by atoms with van der Waals surface area (Å²) in [5.74, 6) is 2.13. The number of phenols is 1. The third kappa shape index (κ3) is 2.03. The van der Waals surface area contributed by atoms with Crippen molar-refractivity contribution < 1.29 is 5.11 Å². The van der Waals surface area contributed by atoms with Gasteiger partial charge in [0.25, 0.3) is 0 Å². The smallest absolute Gasteiger partial charge is 0.223 e. The number of hydrogen-bond donors (Lipinski definition) is 3. The first-order valence-electron chi connectivity index (χ1n) is 7.64. The summed E-state index contributed by atoms with van der Waals surface area (Å²) in [5, 5.41) is 11.7. The van der Waals surface area contributed by atoms with Gasteiger partial charge in [0, 0.05) is 24.0 Å². The minimum absolute atomic E-state index is 0.239. The van der Waals surface area contributed by atoms with Gasteiger partial charge in [0.2, 0.25) is 5.95 Å². The van der Waals surface area contributed by atoms with E-state index in [2.05, 4.69) is 26.8 Å². The number of rotatable bonds is 1. The minimum atomic E-state index is 0.239. The number of H-pyrrole nitrogens is 1. The Labute approximate surface area is 128 Å². The largest absolute Gasteiger partial charge is 0.508 e. The zero-order chi connectivity index (χ0) is 15.3. The number of aromatic hydroxyl groups is 1. The number of anilines is 2. The molecule has 0 spiro atoms. The number of nitrogens with two attached hydrogens (primary N) is 1. The van der Waals surface area contributed by atoms with Crippen LogP contribution in [0.1, 0.15) is 19.8 Å². The highest BCUT2D eigenvalue weighted by atomic mass is 16.3. The van der Waals surface area contributed by atoms with Crippen LogP contribution in [0.2, 0.25) is 0 Å². The van der Waals surface area contributed by atoms with Gasteiger partial charge >= 0.3 is 0 Å². The van der Waals surface area contributed by atoms with Gasteiger partial charge in [0.15, 0.2) is 0 Å². The van der Waals surface area contributed by atoms with Crippen molar-refractivity contribution in [2.24, 2.45) is 5.92 Å². The molecule has 0 atom stereocenters. The fraction of sp³-hybridized carbons (Fsp3) is 0.375. The summed E-state index contributed by atoms with van der Waals surface area (Å²) in [4.78, 5) is 14.3. The summed E-state index contributed by atoms with van der Waals surface area (Å²) in [7, 11) is 0. The van der Waals surface area contributed by atoms with E-state index in [0.29, 0.717) is 0 Å². The first kappa shape index (κ1) is 13.2. The van der Waals surface area contributed by atoms with E-state index in [9.17, 15) is 5.11 Å². The molecule has 1 aromatic carbocycles. The topological polar surface area (TPSA) is 91.1 Å². The number of phenolic OH excluding ortho intramolecular Hbond substituents is 1. The van der Waals surface area contributed by atoms with Crippen molar-refractivity contribution in [3.8, 4) is 5.75 Å². The lowest BCUT2D eigenvalue weighted by Crippen LogP contribution is -2.33. The number of fused-ring (bicyclic) bond motifs is 3. The highest BCUT2D eigenvalue weighted by molar-refractivity contribution is 6.12. The van der Waals surface area contributed by atoms with E-state index in [1.165, 1.54) is 0 Å². The molecule has 1 fully saturated rings. The van der Waals surface area contributed by atoms with Gasteiger partial charge in [-0.05, 0) is 37.0 Å². The van der Waals surface area contributed by atoms with E-state index < -0.39 is 0 Å². The molecule has 0 radical (unpaired) electrons. The van der Waals surface area contributed by atoms with E-state index in [-0.39, 0.29) is 11.7 Å². The van der Waals surface area contributed by atoms with Crippen LogP contribution < -0.4 is 10.6 Å². The van der Waals surface area contributed by atoms with E-state index in [0.717, 1.165) is 59.6 Å². The molecule has 0 saturated carbocycles. The number of nitrogens with one attached hydrogen (secondary N) is 1. The molecule has 3 aromatic rings. The second kappa shape index (κ2) is 4.76. The molecule has 6 nitrogen and oxygen atoms in total. The Morgan fingerprint density at radius 3 is 2.82 bits per heavy atom. The molecule has 114 valence electrons. The Morgan fingerprint density at radius 2 is 2.05 bits per heavy atom. The first-order valence-corrected chi connectivity index (χ1v) is 7.64. The summed E-state index contributed by atoms with van der Waals surface area (Å²) in [6, 6.07) is 5.27. The van der Waals surface area contributed by atoms with Crippen LogP contribution in [0, 0.1) is 5.92 Å². The van der Waals surface area contributed by atoms with Gasteiger partial charge in [-0.15, -0.1) is 0 Å². The molecule has 0 unspecified atom stereocenters. The molecule has 6 heteroatoms. The van der Waals surface area contributed by atoms with Gasteiger partial charge in [-0.3, -0.25) is 0 Å². The highest BCUT2D eigenvalue weighted by Gasteiger charge is 2.22. The van der Waals surface area contributed by atoms with Gasteiger partial charge in [-0.2, -0.15) is 9.97 Å². The minimum Gasteiger partial charge on any atom is -0.508 e. The Hall–Kier alpha value is -2.50. The van der Waals surface area contributed by atoms with Crippen molar-refractivity contribution in [2.75, 3.05) is 23.7 Å². The molecule has 1 aliphatic heterocycles. The highest BCUT2D eigenvalue weighted by Crippen LogP contribution is 2.35. The molecular weight excluding hydrogens is 278 g/mol. The van der Waals surface area contributed by atoms with Crippen LogP contribution in [0.25, 0.3) is 21.9 Å². The van der Waals surface area contributed by atoms with E-state index >= 15 is 0 Å². The van der Waals surface area contributed by atoms with Crippen molar-refractivity contribution in [3.63, 3.8) is 0 Å². The average Bonchev–Trinajstić information content (AvgIpc) is 2.84. The average molecular weight is 297 g/mol. The molecule has 3 heterocycles. The lowest BCUT2D eigenvalue weighted by molar-refractivity contribution is 0.437. The summed E-state index contributed by atoms with van der Waals surface area (Å²) >= 11 is 0. The summed E-state index contributed by atoms with van der Waals surface area (Å²) in [6.07, 6.45) is 2.30. The summed E-state index contributed by atoms with van der Waals surface area (Å²) < 4.78 is 0. The second-order valence-electron chi connectivity index (χ2n) is 6.15. The number of aromatic nitrogens is 3. The van der Waals surface area contributed by atoms with Crippen molar-refractivity contribution >= 4 is 33.7 Å². The maximum Gasteiger partial charge on any atom is 0.223 e. The maximum atomic E-state index is 9.81. The second-order valence-corrected chi connectivity index (χ2v) is 6.15. The van der Waals surface area contributed by atoms with Crippen molar-refractivity contribution in [2.45, 2.75) is 19.8 Å². The fourth-order valence-corrected chi connectivity index (χ4v) is 3.23. The number of nitrogen functional groups attached to an aromatic ring is 1. The zero-order valence-electron chi connectivity index (χ0n) is 12.5. The predicted molar refractivity (Wildman–Crippen MR) is 88.1 cm³/mol. The van der Waals surface area contributed by atoms with Crippen LogP contribution in [0.4, 0.5) is 11.8 Å². The quantitative estimate of drug-likeness (QED) is 0.642. The van der Waals surface area contributed by atoms with Crippen LogP contribution in [0.15, 0.2) is 18.2 Å². The molecule has 1 saturated heterocycles. The molecule has 0 amide bonds. The first-order chi connectivity index (χ1) is 10.6. The lowest BCUT2D eigenvalue weighted by atomic mass is 9.99. The zero-order valence-corrected chi connectivity index (χ0v) is 12.5.